The molecule has 0 aliphatic carbocycles. The number of carbonyl (C=O) groups excluding carboxylic acids is 1. The van der Waals surface area contributed by atoms with Crippen molar-refractivity contribution in [2.75, 3.05) is 11.1 Å². The molecule has 1 aromatic carbocycles. The maximum Gasteiger partial charge on any atom is 0.322 e. The monoisotopic (exact) mass is 455 g/mol. The number of benzene rings is 1. The van der Waals surface area contributed by atoms with Gasteiger partial charge in [0, 0.05) is 6.42 Å². The van der Waals surface area contributed by atoms with Crippen molar-refractivity contribution in [3.8, 4) is 10.8 Å². The van der Waals surface area contributed by atoms with E-state index in [4.69, 9.17) is 4.42 Å². The molecule has 136 valence electrons. The smallest absolute Gasteiger partial charge is 0.322 e. The highest BCUT2D eigenvalue weighted by atomic mass is 79.9. The summed E-state index contributed by atoms with van der Waals surface area (Å²) in [5.41, 5.74) is 0.965. The molecule has 0 saturated carbocycles. The van der Waals surface area contributed by atoms with Crippen LogP contribution in [-0.4, -0.2) is 30.3 Å². The Labute approximate surface area is 162 Å². The van der Waals surface area contributed by atoms with Gasteiger partial charge in [-0.2, -0.15) is 0 Å². The number of carbonyl (C=O) groups is 1. The SMILES string of the molecule is Cc1ccc(S(=O)(=O)CCC(=O)Nc2nnc(-c3ccc(Br)s3)o2)cc1. The normalized spacial score (nSPS) is 11.5. The molecule has 0 fully saturated rings. The van der Waals surface area contributed by atoms with Crippen LogP contribution in [0, 0.1) is 6.92 Å². The first-order chi connectivity index (χ1) is 12.3. The highest BCUT2D eigenvalue weighted by Crippen LogP contribution is 2.30. The lowest BCUT2D eigenvalue weighted by Crippen LogP contribution is -2.17. The molecule has 2 heterocycles. The van der Waals surface area contributed by atoms with E-state index in [1.54, 1.807) is 12.1 Å². The van der Waals surface area contributed by atoms with Gasteiger partial charge >= 0.3 is 6.01 Å². The van der Waals surface area contributed by atoms with E-state index in [1.807, 2.05) is 19.1 Å². The molecule has 0 unspecified atom stereocenters. The van der Waals surface area contributed by atoms with Crippen molar-refractivity contribution in [2.45, 2.75) is 18.2 Å². The molecule has 0 atom stereocenters. The van der Waals surface area contributed by atoms with Crippen molar-refractivity contribution in [3.63, 3.8) is 0 Å². The van der Waals surface area contributed by atoms with Crippen LogP contribution in [0.5, 0.6) is 0 Å². The fraction of sp³-hybridized carbons (Fsp3) is 0.188. The second-order valence-electron chi connectivity index (χ2n) is 5.45. The molecule has 0 aliphatic rings. The molecule has 0 bridgehead atoms. The van der Waals surface area contributed by atoms with Gasteiger partial charge in [-0.25, -0.2) is 8.42 Å². The van der Waals surface area contributed by atoms with Gasteiger partial charge in [-0.05, 0) is 47.1 Å². The second kappa shape index (κ2) is 7.68. The van der Waals surface area contributed by atoms with Gasteiger partial charge in [-0.15, -0.1) is 16.4 Å². The first kappa shape index (κ1) is 18.7. The minimum atomic E-state index is -3.53. The summed E-state index contributed by atoms with van der Waals surface area (Å²) in [6, 6.07) is 10.1. The van der Waals surface area contributed by atoms with Crippen molar-refractivity contribution in [3.05, 3.63) is 45.7 Å². The van der Waals surface area contributed by atoms with Crippen LogP contribution in [0.25, 0.3) is 10.8 Å². The Bertz CT molecular complexity index is 1030. The largest absolute Gasteiger partial charge is 0.402 e. The summed E-state index contributed by atoms with van der Waals surface area (Å²) in [5, 5.41) is 10.0. The topological polar surface area (TPSA) is 102 Å². The number of sulfone groups is 1. The van der Waals surface area contributed by atoms with Crippen LogP contribution in [-0.2, 0) is 14.6 Å². The predicted octanol–water partition coefficient (Wildman–Crippen LogP) is 3.67. The number of rotatable bonds is 6. The maximum atomic E-state index is 12.3. The zero-order valence-corrected chi connectivity index (χ0v) is 16.8. The average Bonchev–Trinajstić information content (AvgIpc) is 3.22. The van der Waals surface area contributed by atoms with Gasteiger partial charge in [0.1, 0.15) is 0 Å². The number of amides is 1. The molecule has 7 nitrogen and oxygen atoms in total. The minimum Gasteiger partial charge on any atom is -0.402 e. The molecule has 0 radical (unpaired) electrons. The van der Waals surface area contributed by atoms with Crippen molar-refractivity contribution < 1.29 is 17.6 Å². The van der Waals surface area contributed by atoms with Crippen LogP contribution < -0.4 is 5.32 Å². The van der Waals surface area contributed by atoms with Crippen LogP contribution in [0.2, 0.25) is 0 Å². The lowest BCUT2D eigenvalue weighted by Gasteiger charge is -2.04. The van der Waals surface area contributed by atoms with E-state index in [-0.39, 0.29) is 29.0 Å². The van der Waals surface area contributed by atoms with Crippen molar-refractivity contribution in [1.29, 1.82) is 0 Å². The first-order valence-electron chi connectivity index (χ1n) is 7.52. The number of thiophene rings is 1. The van der Waals surface area contributed by atoms with Crippen LogP contribution >= 0.6 is 27.3 Å². The fourth-order valence-corrected chi connectivity index (χ4v) is 4.62. The van der Waals surface area contributed by atoms with E-state index in [0.717, 1.165) is 14.2 Å². The number of hydrogen-bond acceptors (Lipinski definition) is 7. The number of nitrogens with one attached hydrogen (secondary N) is 1. The Morgan fingerprint density at radius 1 is 1.19 bits per heavy atom. The van der Waals surface area contributed by atoms with Gasteiger partial charge < -0.3 is 4.42 Å². The lowest BCUT2D eigenvalue weighted by molar-refractivity contribution is -0.115. The Morgan fingerprint density at radius 2 is 1.92 bits per heavy atom. The molecular weight excluding hydrogens is 442 g/mol. The zero-order valence-electron chi connectivity index (χ0n) is 13.6. The summed E-state index contributed by atoms with van der Waals surface area (Å²) >= 11 is 4.75. The van der Waals surface area contributed by atoms with Crippen molar-refractivity contribution in [1.82, 2.24) is 10.2 Å². The molecule has 2 aromatic heterocycles. The quantitative estimate of drug-likeness (QED) is 0.607. The van der Waals surface area contributed by atoms with E-state index < -0.39 is 15.7 Å². The summed E-state index contributed by atoms with van der Waals surface area (Å²) in [7, 11) is -3.53. The number of anilines is 1. The Kier molecular flexibility index (Phi) is 5.54. The zero-order chi connectivity index (χ0) is 18.7. The van der Waals surface area contributed by atoms with Gasteiger partial charge in [0.25, 0.3) is 5.89 Å². The van der Waals surface area contributed by atoms with E-state index in [2.05, 4.69) is 31.4 Å². The third-order valence-corrected chi connectivity index (χ3v) is 6.78. The van der Waals surface area contributed by atoms with Crippen molar-refractivity contribution in [2.24, 2.45) is 0 Å². The van der Waals surface area contributed by atoms with E-state index in [1.165, 1.54) is 23.5 Å². The standard InChI is InChI=1S/C16H14BrN3O4S2/c1-10-2-4-11(5-3-10)26(22,23)9-8-14(21)18-16-20-19-15(24-16)12-6-7-13(17)25-12/h2-7H,8-9H2,1H3,(H,18,20,21). The number of hydrogen-bond donors (Lipinski definition) is 1. The van der Waals surface area contributed by atoms with E-state index in [9.17, 15) is 13.2 Å². The van der Waals surface area contributed by atoms with Gasteiger partial charge in [-0.3, -0.25) is 10.1 Å². The molecule has 3 aromatic rings. The number of halogens is 1. The molecule has 26 heavy (non-hydrogen) atoms. The van der Waals surface area contributed by atoms with Gasteiger partial charge in [-0.1, -0.05) is 22.8 Å². The Morgan fingerprint density at radius 3 is 2.58 bits per heavy atom. The first-order valence-corrected chi connectivity index (χ1v) is 10.8. The summed E-state index contributed by atoms with van der Waals surface area (Å²) in [6.07, 6.45) is -0.210. The molecule has 3 rings (SSSR count). The number of nitrogens with zero attached hydrogens (tertiary/aromatic N) is 2. The maximum absolute atomic E-state index is 12.3. The third kappa shape index (κ3) is 4.57. The fourth-order valence-electron chi connectivity index (χ4n) is 2.07. The highest BCUT2D eigenvalue weighted by Gasteiger charge is 2.18. The molecule has 0 spiro atoms. The van der Waals surface area contributed by atoms with Crippen molar-refractivity contribution >= 4 is 49.0 Å². The summed E-state index contributed by atoms with van der Waals surface area (Å²) in [6.45, 7) is 1.87. The van der Waals surface area contributed by atoms with Gasteiger partial charge in [0.2, 0.25) is 5.91 Å². The summed E-state index contributed by atoms with van der Waals surface area (Å²) < 4.78 is 30.8. The predicted molar refractivity (Wildman–Crippen MR) is 102 cm³/mol. The highest BCUT2D eigenvalue weighted by molar-refractivity contribution is 9.11. The van der Waals surface area contributed by atoms with Crippen LogP contribution in [0.15, 0.2) is 49.5 Å². The van der Waals surface area contributed by atoms with Crippen LogP contribution in [0.1, 0.15) is 12.0 Å². The third-order valence-electron chi connectivity index (χ3n) is 3.43. The average molecular weight is 456 g/mol. The Balaban J connectivity index is 1.59. The molecule has 1 N–H and O–H groups in total. The Hall–Kier alpha value is -2.04. The van der Waals surface area contributed by atoms with Crippen LogP contribution in [0.3, 0.4) is 0 Å². The number of aromatic nitrogens is 2. The summed E-state index contributed by atoms with van der Waals surface area (Å²) in [4.78, 5) is 12.9. The van der Waals surface area contributed by atoms with E-state index >= 15 is 0 Å². The molecule has 1 amide bonds. The minimum absolute atomic E-state index is 0.0674. The second-order valence-corrected chi connectivity index (χ2v) is 10.0. The van der Waals surface area contributed by atoms with Gasteiger partial charge in [0.05, 0.1) is 19.3 Å². The summed E-state index contributed by atoms with van der Waals surface area (Å²) in [5.74, 6) is -0.535. The molecule has 0 saturated heterocycles. The van der Waals surface area contributed by atoms with Crippen LogP contribution in [0.4, 0.5) is 6.01 Å². The van der Waals surface area contributed by atoms with Gasteiger partial charge in [0.15, 0.2) is 9.84 Å². The number of aryl methyl sites for hydroxylation is 1. The molecule has 0 aliphatic heterocycles. The molecule has 10 heteroatoms. The lowest BCUT2D eigenvalue weighted by atomic mass is 10.2. The van der Waals surface area contributed by atoms with E-state index in [0.29, 0.717) is 0 Å². The molecular formula is C16H14BrN3O4S2.